The maximum absolute atomic E-state index is 5.69. The van der Waals surface area contributed by atoms with E-state index in [1.165, 1.54) is 5.56 Å². The summed E-state index contributed by atoms with van der Waals surface area (Å²) in [6, 6.07) is 10.2. The number of hydrogen-bond acceptors (Lipinski definition) is 1. The normalized spacial score (nSPS) is 11.1. The molecule has 0 aliphatic rings. The highest BCUT2D eigenvalue weighted by Crippen LogP contribution is 2.29. The van der Waals surface area contributed by atoms with Gasteiger partial charge in [-0.2, -0.15) is 0 Å². The van der Waals surface area contributed by atoms with E-state index in [-0.39, 0.29) is 5.41 Å². The van der Waals surface area contributed by atoms with Crippen LogP contribution in [-0.2, 0) is 11.3 Å². The van der Waals surface area contributed by atoms with Crippen LogP contribution in [-0.4, -0.2) is 0 Å². The molecule has 0 saturated carbocycles. The number of allylic oxidation sites excluding steroid dienone is 1. The smallest absolute Gasteiger partial charge is 0.113 e. The highest BCUT2D eigenvalue weighted by atomic mass is 16.5. The lowest BCUT2D eigenvalue weighted by Gasteiger charge is -2.25. The largest absolute Gasteiger partial charge is 0.493 e. The van der Waals surface area contributed by atoms with Crippen LogP contribution in [0.5, 0.6) is 0 Å². The third kappa shape index (κ3) is 3.43. The summed E-state index contributed by atoms with van der Waals surface area (Å²) >= 11 is 0. The summed E-state index contributed by atoms with van der Waals surface area (Å²) in [7, 11) is 0. The summed E-state index contributed by atoms with van der Waals surface area (Å²) in [5, 5.41) is 0. The van der Waals surface area contributed by atoms with Crippen molar-refractivity contribution < 1.29 is 4.74 Å². The lowest BCUT2D eigenvalue weighted by molar-refractivity contribution is 0.131. The summed E-state index contributed by atoms with van der Waals surface area (Å²) in [5.41, 5.74) is 1.25. The van der Waals surface area contributed by atoms with Crippen molar-refractivity contribution >= 4 is 0 Å². The van der Waals surface area contributed by atoms with Crippen molar-refractivity contribution in [2.24, 2.45) is 5.41 Å². The van der Waals surface area contributed by atoms with Crippen LogP contribution in [0.2, 0.25) is 0 Å². The van der Waals surface area contributed by atoms with Crippen molar-refractivity contribution in [1.82, 2.24) is 0 Å². The van der Waals surface area contributed by atoms with Crippen LogP contribution < -0.4 is 0 Å². The predicted molar refractivity (Wildman–Crippen MR) is 64.4 cm³/mol. The van der Waals surface area contributed by atoms with E-state index < -0.39 is 0 Å². The van der Waals surface area contributed by atoms with Crippen molar-refractivity contribution in [2.45, 2.75) is 33.8 Å². The number of hydrogen-bond donors (Lipinski definition) is 0. The molecule has 0 aliphatic carbocycles. The number of rotatable bonds is 5. The molecule has 0 aromatic heterocycles. The van der Waals surface area contributed by atoms with Gasteiger partial charge in [-0.1, -0.05) is 57.7 Å². The van der Waals surface area contributed by atoms with Crippen LogP contribution in [0.25, 0.3) is 0 Å². The molecule has 15 heavy (non-hydrogen) atoms. The molecule has 0 fully saturated rings. The van der Waals surface area contributed by atoms with E-state index >= 15 is 0 Å². The Kier molecular flexibility index (Phi) is 3.96. The Morgan fingerprint density at radius 3 is 2.40 bits per heavy atom. The van der Waals surface area contributed by atoms with Crippen molar-refractivity contribution in [3.63, 3.8) is 0 Å². The molecule has 0 unspecified atom stereocenters. The molecule has 0 bridgehead atoms. The zero-order chi connectivity index (χ0) is 11.3. The maximum atomic E-state index is 5.69. The van der Waals surface area contributed by atoms with Gasteiger partial charge in [0.25, 0.3) is 0 Å². The minimum atomic E-state index is 0.0643. The Labute approximate surface area is 92.8 Å². The van der Waals surface area contributed by atoms with Gasteiger partial charge < -0.3 is 4.74 Å². The summed E-state index contributed by atoms with van der Waals surface area (Å²) in [4.78, 5) is 0. The summed E-state index contributed by atoms with van der Waals surface area (Å²) in [5.74, 6) is 0.869. The van der Waals surface area contributed by atoms with Crippen LogP contribution in [0, 0.1) is 5.41 Å². The monoisotopic (exact) mass is 204 g/mol. The van der Waals surface area contributed by atoms with E-state index in [2.05, 4.69) is 39.5 Å². The Bertz CT molecular complexity index is 311. The van der Waals surface area contributed by atoms with Crippen LogP contribution in [0.4, 0.5) is 0 Å². The molecule has 0 atom stereocenters. The first-order valence-electron chi connectivity index (χ1n) is 5.42. The molecule has 82 valence electrons. The van der Waals surface area contributed by atoms with Gasteiger partial charge in [0, 0.05) is 5.41 Å². The van der Waals surface area contributed by atoms with E-state index in [4.69, 9.17) is 4.74 Å². The van der Waals surface area contributed by atoms with Gasteiger partial charge in [-0.3, -0.25) is 0 Å². The van der Waals surface area contributed by atoms with E-state index in [0.29, 0.717) is 6.61 Å². The van der Waals surface area contributed by atoms with Gasteiger partial charge in [0.1, 0.15) is 6.61 Å². The van der Waals surface area contributed by atoms with Gasteiger partial charge in [0.15, 0.2) is 0 Å². The molecule has 1 aromatic carbocycles. The standard InChI is InChI=1S/C14H20O/c1-5-14(3,4)12(2)15-11-13-9-7-6-8-10-13/h6-10H,2,5,11H2,1,3-4H3. The second-order valence-electron chi connectivity index (χ2n) is 4.43. The SMILES string of the molecule is C=C(OCc1ccccc1)C(C)(C)CC. The molecular weight excluding hydrogens is 184 g/mol. The Hall–Kier alpha value is -1.24. The fourth-order valence-electron chi connectivity index (χ4n) is 1.14. The Morgan fingerprint density at radius 1 is 1.27 bits per heavy atom. The average molecular weight is 204 g/mol. The van der Waals surface area contributed by atoms with Crippen molar-refractivity contribution in [1.29, 1.82) is 0 Å². The fourth-order valence-corrected chi connectivity index (χ4v) is 1.14. The number of ether oxygens (including phenoxy) is 1. The van der Waals surface area contributed by atoms with E-state index in [1.807, 2.05) is 18.2 Å². The van der Waals surface area contributed by atoms with Gasteiger partial charge in [0.05, 0.1) is 5.76 Å². The molecule has 0 amide bonds. The summed E-state index contributed by atoms with van der Waals surface area (Å²) in [6.45, 7) is 11.1. The minimum Gasteiger partial charge on any atom is -0.493 e. The molecule has 0 radical (unpaired) electrons. The third-order valence-electron chi connectivity index (χ3n) is 2.89. The Morgan fingerprint density at radius 2 is 1.87 bits per heavy atom. The molecule has 1 nitrogen and oxygen atoms in total. The first kappa shape index (κ1) is 11.8. The van der Waals surface area contributed by atoms with Crippen LogP contribution >= 0.6 is 0 Å². The molecule has 0 N–H and O–H groups in total. The molecular formula is C14H20O. The lowest BCUT2D eigenvalue weighted by Crippen LogP contribution is -2.14. The van der Waals surface area contributed by atoms with Gasteiger partial charge in [-0.15, -0.1) is 0 Å². The second-order valence-corrected chi connectivity index (χ2v) is 4.43. The molecule has 1 rings (SSSR count). The van der Waals surface area contributed by atoms with Gasteiger partial charge in [-0.05, 0) is 12.0 Å². The molecule has 1 heteroatoms. The molecule has 1 aromatic rings. The topological polar surface area (TPSA) is 9.23 Å². The van der Waals surface area contributed by atoms with Crippen LogP contribution in [0.15, 0.2) is 42.7 Å². The quantitative estimate of drug-likeness (QED) is 0.654. The second kappa shape index (κ2) is 5.01. The first-order chi connectivity index (χ1) is 7.06. The van der Waals surface area contributed by atoms with Crippen molar-refractivity contribution in [2.75, 3.05) is 0 Å². The summed E-state index contributed by atoms with van der Waals surface area (Å²) in [6.07, 6.45) is 1.04. The van der Waals surface area contributed by atoms with Crippen molar-refractivity contribution in [3.05, 3.63) is 48.2 Å². The first-order valence-corrected chi connectivity index (χ1v) is 5.42. The van der Waals surface area contributed by atoms with Gasteiger partial charge in [0.2, 0.25) is 0 Å². The zero-order valence-corrected chi connectivity index (χ0v) is 9.92. The van der Waals surface area contributed by atoms with Crippen molar-refractivity contribution in [3.8, 4) is 0 Å². The molecule has 0 heterocycles. The summed E-state index contributed by atoms with van der Waals surface area (Å²) < 4.78 is 5.69. The highest BCUT2D eigenvalue weighted by molar-refractivity contribution is 5.14. The Balaban J connectivity index is 2.48. The average Bonchev–Trinajstić information content (AvgIpc) is 2.27. The van der Waals surface area contributed by atoms with Crippen LogP contribution in [0.1, 0.15) is 32.8 Å². The molecule has 0 aliphatic heterocycles. The fraction of sp³-hybridized carbons (Fsp3) is 0.429. The van der Waals surface area contributed by atoms with E-state index in [9.17, 15) is 0 Å². The third-order valence-corrected chi connectivity index (χ3v) is 2.89. The maximum Gasteiger partial charge on any atom is 0.113 e. The van der Waals surface area contributed by atoms with E-state index in [0.717, 1.165) is 12.2 Å². The zero-order valence-electron chi connectivity index (χ0n) is 9.92. The van der Waals surface area contributed by atoms with Crippen LogP contribution in [0.3, 0.4) is 0 Å². The predicted octanol–water partition coefficient (Wildman–Crippen LogP) is 4.15. The minimum absolute atomic E-state index is 0.0643. The van der Waals surface area contributed by atoms with Gasteiger partial charge >= 0.3 is 0 Å². The lowest BCUT2D eigenvalue weighted by atomic mass is 9.88. The highest BCUT2D eigenvalue weighted by Gasteiger charge is 2.20. The molecule has 0 saturated heterocycles. The van der Waals surface area contributed by atoms with E-state index in [1.54, 1.807) is 0 Å². The van der Waals surface area contributed by atoms with Gasteiger partial charge in [-0.25, -0.2) is 0 Å². The molecule has 0 spiro atoms. The number of benzene rings is 1.